The molecule has 0 radical (unpaired) electrons. The number of rotatable bonds is 4. The molecule has 2 rings (SSSR count). The molecule has 1 aliphatic carbocycles. The van der Waals surface area contributed by atoms with Crippen molar-refractivity contribution in [2.75, 3.05) is 26.3 Å². The van der Waals surface area contributed by atoms with Gasteiger partial charge in [0.05, 0.1) is 25.0 Å². The average molecular weight is 255 g/mol. The molecule has 0 aromatic rings. The predicted octanol–water partition coefficient (Wildman–Crippen LogP) is 0.838. The van der Waals surface area contributed by atoms with E-state index in [0.717, 1.165) is 6.42 Å². The third-order valence-electron chi connectivity index (χ3n) is 3.81. The van der Waals surface area contributed by atoms with Gasteiger partial charge in [0, 0.05) is 13.1 Å². The first-order valence-electron chi connectivity index (χ1n) is 6.61. The third kappa shape index (κ3) is 2.66. The maximum Gasteiger partial charge on any atom is 0.307 e. The number of nitrogens with zero attached hydrogens (tertiary/aromatic N) is 1. The molecule has 2 fully saturated rings. The highest BCUT2D eigenvalue weighted by atomic mass is 16.5. The molecule has 1 heterocycles. The smallest absolute Gasteiger partial charge is 0.307 e. The van der Waals surface area contributed by atoms with E-state index in [1.807, 2.05) is 0 Å². The van der Waals surface area contributed by atoms with Crippen molar-refractivity contribution in [2.24, 2.45) is 23.7 Å². The lowest BCUT2D eigenvalue weighted by Crippen LogP contribution is -2.42. The number of carboxylic acid groups (broad SMARTS) is 1. The summed E-state index contributed by atoms with van der Waals surface area (Å²) < 4.78 is 5.21. The van der Waals surface area contributed by atoms with Gasteiger partial charge in [0.1, 0.15) is 0 Å². The Morgan fingerprint density at radius 3 is 2.39 bits per heavy atom. The molecule has 5 heteroatoms. The molecular formula is C13H21NO4. The lowest BCUT2D eigenvalue weighted by atomic mass is 10.0. The largest absolute Gasteiger partial charge is 0.481 e. The summed E-state index contributed by atoms with van der Waals surface area (Å²) in [5.41, 5.74) is 0. The van der Waals surface area contributed by atoms with Crippen LogP contribution in [0.1, 0.15) is 20.3 Å². The van der Waals surface area contributed by atoms with E-state index in [9.17, 15) is 9.59 Å². The molecule has 18 heavy (non-hydrogen) atoms. The van der Waals surface area contributed by atoms with Crippen LogP contribution < -0.4 is 0 Å². The predicted molar refractivity (Wildman–Crippen MR) is 65.0 cm³/mol. The molecule has 5 nitrogen and oxygen atoms in total. The molecule has 2 aliphatic rings. The molecule has 1 N–H and O–H groups in total. The number of carboxylic acids is 1. The van der Waals surface area contributed by atoms with Crippen molar-refractivity contribution in [1.29, 1.82) is 0 Å². The van der Waals surface area contributed by atoms with E-state index < -0.39 is 11.9 Å². The number of aliphatic carboxylic acids is 1. The van der Waals surface area contributed by atoms with Crippen LogP contribution in [0.15, 0.2) is 0 Å². The number of amides is 1. The summed E-state index contributed by atoms with van der Waals surface area (Å²) in [5.74, 6) is -1.13. The van der Waals surface area contributed by atoms with Crippen LogP contribution in [0.3, 0.4) is 0 Å². The van der Waals surface area contributed by atoms with Gasteiger partial charge in [-0.05, 0) is 18.3 Å². The van der Waals surface area contributed by atoms with Crippen LogP contribution in [0, 0.1) is 23.7 Å². The van der Waals surface area contributed by atoms with Crippen LogP contribution in [0.4, 0.5) is 0 Å². The zero-order valence-corrected chi connectivity index (χ0v) is 11.0. The normalized spacial score (nSPS) is 31.5. The van der Waals surface area contributed by atoms with Gasteiger partial charge < -0.3 is 14.7 Å². The maximum absolute atomic E-state index is 12.3. The fourth-order valence-corrected chi connectivity index (χ4v) is 2.88. The highest BCUT2D eigenvalue weighted by Crippen LogP contribution is 2.51. The van der Waals surface area contributed by atoms with Crippen molar-refractivity contribution in [2.45, 2.75) is 20.3 Å². The van der Waals surface area contributed by atoms with Gasteiger partial charge in [0.25, 0.3) is 0 Å². The van der Waals surface area contributed by atoms with Crippen LogP contribution >= 0.6 is 0 Å². The van der Waals surface area contributed by atoms with E-state index in [4.69, 9.17) is 9.84 Å². The topological polar surface area (TPSA) is 66.8 Å². The lowest BCUT2D eigenvalue weighted by molar-refractivity contribution is -0.143. The zero-order valence-electron chi connectivity index (χ0n) is 11.0. The van der Waals surface area contributed by atoms with Crippen molar-refractivity contribution in [3.8, 4) is 0 Å². The van der Waals surface area contributed by atoms with E-state index in [1.54, 1.807) is 4.90 Å². The van der Waals surface area contributed by atoms with E-state index in [0.29, 0.717) is 32.2 Å². The Morgan fingerprint density at radius 2 is 1.89 bits per heavy atom. The summed E-state index contributed by atoms with van der Waals surface area (Å²) in [7, 11) is 0. The molecule has 2 unspecified atom stereocenters. The Labute approximate surface area is 107 Å². The van der Waals surface area contributed by atoms with Crippen LogP contribution in [-0.4, -0.2) is 48.2 Å². The van der Waals surface area contributed by atoms with Crippen molar-refractivity contribution in [1.82, 2.24) is 4.90 Å². The quantitative estimate of drug-likeness (QED) is 0.808. The van der Waals surface area contributed by atoms with Gasteiger partial charge in [0.15, 0.2) is 0 Å². The first kappa shape index (κ1) is 13.3. The fourth-order valence-electron chi connectivity index (χ4n) is 2.88. The number of morpholine rings is 1. The van der Waals surface area contributed by atoms with Crippen molar-refractivity contribution >= 4 is 11.9 Å². The summed E-state index contributed by atoms with van der Waals surface area (Å²) in [6.07, 6.45) is 0.817. The number of hydrogen-bond donors (Lipinski definition) is 1. The molecule has 0 spiro atoms. The zero-order chi connectivity index (χ0) is 13.3. The average Bonchev–Trinajstić information content (AvgIpc) is 3.02. The standard InChI is InChI=1S/C13H21NO4/c1-8(2)7-9-10(11(9)13(16)17)12(15)14-3-5-18-6-4-14/h8-11H,3-7H2,1-2H3,(H,16,17)/t9-,10?,11?/m0/s1. The van der Waals surface area contributed by atoms with Crippen molar-refractivity contribution in [3.63, 3.8) is 0 Å². The molecule has 1 saturated carbocycles. The molecule has 102 valence electrons. The SMILES string of the molecule is CC(C)C[C@@H]1C(C(=O)O)C1C(=O)N1CCOCC1. The Morgan fingerprint density at radius 1 is 1.28 bits per heavy atom. The highest BCUT2D eigenvalue weighted by molar-refractivity contribution is 5.90. The second-order valence-electron chi connectivity index (χ2n) is 5.62. The van der Waals surface area contributed by atoms with Crippen LogP contribution in [0.5, 0.6) is 0 Å². The summed E-state index contributed by atoms with van der Waals surface area (Å²) >= 11 is 0. The number of ether oxygens (including phenoxy) is 1. The molecular weight excluding hydrogens is 234 g/mol. The molecule has 0 aromatic carbocycles. The van der Waals surface area contributed by atoms with Gasteiger partial charge in [-0.15, -0.1) is 0 Å². The Hall–Kier alpha value is -1.10. The number of carbonyl (C=O) groups is 2. The highest BCUT2D eigenvalue weighted by Gasteiger charge is 2.59. The summed E-state index contributed by atoms with van der Waals surface area (Å²) in [6, 6.07) is 0. The molecule has 0 aromatic heterocycles. The Balaban J connectivity index is 1.98. The Kier molecular flexibility index (Phi) is 3.90. The van der Waals surface area contributed by atoms with Gasteiger partial charge in [-0.3, -0.25) is 9.59 Å². The molecule has 3 atom stereocenters. The minimum absolute atomic E-state index is 0.0105. The fraction of sp³-hybridized carbons (Fsp3) is 0.846. The van der Waals surface area contributed by atoms with E-state index >= 15 is 0 Å². The minimum Gasteiger partial charge on any atom is -0.481 e. The second-order valence-corrected chi connectivity index (χ2v) is 5.62. The van der Waals surface area contributed by atoms with Gasteiger partial charge in [-0.25, -0.2) is 0 Å². The molecule has 1 saturated heterocycles. The summed E-state index contributed by atoms with van der Waals surface area (Å²) in [6.45, 7) is 6.43. The summed E-state index contributed by atoms with van der Waals surface area (Å²) in [5, 5.41) is 9.16. The number of hydrogen-bond acceptors (Lipinski definition) is 3. The van der Waals surface area contributed by atoms with Gasteiger partial charge in [-0.1, -0.05) is 13.8 Å². The molecule has 1 aliphatic heterocycles. The first-order chi connectivity index (χ1) is 8.52. The van der Waals surface area contributed by atoms with Gasteiger partial charge in [-0.2, -0.15) is 0 Å². The second kappa shape index (κ2) is 5.26. The third-order valence-corrected chi connectivity index (χ3v) is 3.81. The van der Waals surface area contributed by atoms with E-state index in [1.165, 1.54) is 0 Å². The first-order valence-corrected chi connectivity index (χ1v) is 6.61. The van der Waals surface area contributed by atoms with Crippen LogP contribution in [-0.2, 0) is 14.3 Å². The molecule has 0 bridgehead atoms. The summed E-state index contributed by atoms with van der Waals surface area (Å²) in [4.78, 5) is 25.2. The monoisotopic (exact) mass is 255 g/mol. The van der Waals surface area contributed by atoms with E-state index in [-0.39, 0.29) is 17.7 Å². The number of carbonyl (C=O) groups excluding carboxylic acids is 1. The van der Waals surface area contributed by atoms with Crippen molar-refractivity contribution in [3.05, 3.63) is 0 Å². The Bertz CT molecular complexity index is 336. The van der Waals surface area contributed by atoms with Crippen molar-refractivity contribution < 1.29 is 19.4 Å². The lowest BCUT2D eigenvalue weighted by Gasteiger charge is -2.27. The minimum atomic E-state index is -0.827. The van der Waals surface area contributed by atoms with E-state index in [2.05, 4.69) is 13.8 Å². The van der Waals surface area contributed by atoms with Gasteiger partial charge >= 0.3 is 5.97 Å². The maximum atomic E-state index is 12.3. The van der Waals surface area contributed by atoms with Gasteiger partial charge in [0.2, 0.25) is 5.91 Å². The molecule has 1 amide bonds. The van der Waals surface area contributed by atoms with Crippen LogP contribution in [0.25, 0.3) is 0 Å². The van der Waals surface area contributed by atoms with Crippen LogP contribution in [0.2, 0.25) is 0 Å².